The fraction of sp³-hybridized carbons (Fsp3) is 0.125. The van der Waals surface area contributed by atoms with Gasteiger partial charge in [0.1, 0.15) is 11.5 Å². The number of hydrogen-bond donors (Lipinski definition) is 2. The van der Waals surface area contributed by atoms with E-state index in [-0.39, 0.29) is 11.7 Å². The Morgan fingerprint density at radius 3 is 3.00 bits per heavy atom. The van der Waals surface area contributed by atoms with E-state index in [2.05, 4.69) is 16.5 Å². The van der Waals surface area contributed by atoms with Crippen LogP contribution in [-0.4, -0.2) is 15.9 Å². The monoisotopic (exact) mass is 285 g/mol. The van der Waals surface area contributed by atoms with Crippen molar-refractivity contribution in [3.05, 3.63) is 66.3 Å². The zero-order chi connectivity index (χ0) is 15.4. The molecule has 108 valence electrons. The number of allylic oxidation sites excluding steroid dienone is 5. The Balaban J connectivity index is 2.38. The summed E-state index contributed by atoms with van der Waals surface area (Å²) in [5.74, 6) is -1.07. The number of primary amides is 1. The van der Waals surface area contributed by atoms with Crippen LogP contribution in [0.15, 0.2) is 55.2 Å². The Morgan fingerprint density at radius 1 is 1.57 bits per heavy atom. The fourth-order valence-electron chi connectivity index (χ4n) is 2.02. The third-order valence-electron chi connectivity index (χ3n) is 3.14. The van der Waals surface area contributed by atoms with Crippen LogP contribution in [0.2, 0.25) is 0 Å². The van der Waals surface area contributed by atoms with Gasteiger partial charge in [-0.05, 0) is 23.8 Å². The molecular weight excluding hydrogens is 269 g/mol. The Hall–Kier alpha value is -2.69. The van der Waals surface area contributed by atoms with Crippen molar-refractivity contribution in [3.63, 3.8) is 0 Å². The summed E-state index contributed by atoms with van der Waals surface area (Å²) < 4.78 is 13.6. The number of pyridine rings is 1. The molecule has 2 aromatic rings. The van der Waals surface area contributed by atoms with Crippen LogP contribution in [-0.2, 0) is 0 Å². The van der Waals surface area contributed by atoms with Gasteiger partial charge < -0.3 is 10.7 Å². The molecule has 0 saturated heterocycles. The zero-order valence-corrected chi connectivity index (χ0v) is 11.6. The Morgan fingerprint density at radius 2 is 2.33 bits per heavy atom. The van der Waals surface area contributed by atoms with Gasteiger partial charge in [0.15, 0.2) is 0 Å². The topological polar surface area (TPSA) is 71.8 Å². The summed E-state index contributed by atoms with van der Waals surface area (Å²) in [5.41, 5.74) is 7.06. The Bertz CT molecular complexity index is 743. The highest BCUT2D eigenvalue weighted by molar-refractivity contribution is 6.05. The molecule has 0 spiro atoms. The number of amides is 1. The lowest BCUT2D eigenvalue weighted by Gasteiger charge is -2.07. The van der Waals surface area contributed by atoms with Crippen molar-refractivity contribution >= 4 is 16.9 Å². The maximum atomic E-state index is 13.6. The van der Waals surface area contributed by atoms with Crippen LogP contribution < -0.4 is 5.73 Å². The molecular formula is C16H16FN3O. The number of nitrogens with two attached hydrogens (primary N) is 1. The van der Waals surface area contributed by atoms with E-state index in [1.807, 2.05) is 6.92 Å². The summed E-state index contributed by atoms with van der Waals surface area (Å²) in [4.78, 5) is 18.4. The summed E-state index contributed by atoms with van der Waals surface area (Å²) in [5, 5.41) is 0.641. The van der Waals surface area contributed by atoms with E-state index in [0.29, 0.717) is 16.6 Å². The van der Waals surface area contributed by atoms with Crippen molar-refractivity contribution in [3.8, 4) is 0 Å². The van der Waals surface area contributed by atoms with E-state index in [1.165, 1.54) is 30.5 Å². The number of fused-ring (bicyclic) bond motifs is 1. The molecule has 0 aliphatic heterocycles. The van der Waals surface area contributed by atoms with Gasteiger partial charge in [0.05, 0.1) is 5.56 Å². The molecule has 21 heavy (non-hydrogen) atoms. The number of carbonyl (C=O) groups is 1. The van der Waals surface area contributed by atoms with Gasteiger partial charge in [-0.1, -0.05) is 25.7 Å². The molecule has 0 fully saturated rings. The number of halogens is 1. The first-order valence-electron chi connectivity index (χ1n) is 6.46. The van der Waals surface area contributed by atoms with Gasteiger partial charge in [-0.25, -0.2) is 9.37 Å². The summed E-state index contributed by atoms with van der Waals surface area (Å²) in [6.45, 7) is 5.33. The molecule has 2 rings (SSSR count). The molecule has 1 unspecified atom stereocenters. The second-order valence-electron chi connectivity index (χ2n) is 4.67. The van der Waals surface area contributed by atoms with Crippen molar-refractivity contribution in [1.82, 2.24) is 9.97 Å². The van der Waals surface area contributed by atoms with Crippen LogP contribution >= 0.6 is 0 Å². The lowest BCUT2D eigenvalue weighted by molar-refractivity contribution is 0.100. The van der Waals surface area contributed by atoms with Crippen LogP contribution in [0.4, 0.5) is 4.39 Å². The van der Waals surface area contributed by atoms with Crippen molar-refractivity contribution < 1.29 is 9.18 Å². The highest BCUT2D eigenvalue weighted by atomic mass is 19.1. The summed E-state index contributed by atoms with van der Waals surface area (Å²) >= 11 is 0. The number of aromatic amines is 1. The number of aromatic nitrogens is 2. The van der Waals surface area contributed by atoms with E-state index in [0.717, 1.165) is 5.56 Å². The van der Waals surface area contributed by atoms with E-state index in [4.69, 9.17) is 5.73 Å². The quantitative estimate of drug-likeness (QED) is 0.827. The van der Waals surface area contributed by atoms with Crippen molar-refractivity contribution in [2.75, 3.05) is 0 Å². The standard InChI is InChI=1S/C16H16FN3O/c1-3-4-5-12(17)6-10(2)11-7-13-14(15(18)21)9-20-16(13)19-8-11/h3-10H,1H2,2H3,(H2,18,21)(H,19,20)/b5-4-,12-6+. The normalized spacial score (nSPS) is 13.7. The number of carbonyl (C=O) groups excluding carboxylic acids is 1. The van der Waals surface area contributed by atoms with E-state index in [1.54, 1.807) is 12.3 Å². The van der Waals surface area contributed by atoms with Gasteiger partial charge in [0.2, 0.25) is 0 Å². The molecule has 2 aromatic heterocycles. The number of rotatable bonds is 5. The first kappa shape index (κ1) is 14.7. The largest absolute Gasteiger partial charge is 0.366 e. The van der Waals surface area contributed by atoms with Crippen LogP contribution in [0.5, 0.6) is 0 Å². The molecule has 1 atom stereocenters. The van der Waals surface area contributed by atoms with Crippen LogP contribution in [0.3, 0.4) is 0 Å². The average molecular weight is 285 g/mol. The van der Waals surface area contributed by atoms with Crippen LogP contribution in [0.25, 0.3) is 11.0 Å². The smallest absolute Gasteiger partial charge is 0.250 e. The summed E-state index contributed by atoms with van der Waals surface area (Å²) in [7, 11) is 0. The summed E-state index contributed by atoms with van der Waals surface area (Å²) in [6.07, 6.45) is 9.01. The number of nitrogens with zero attached hydrogens (tertiary/aromatic N) is 1. The Labute approximate surface area is 121 Å². The summed E-state index contributed by atoms with van der Waals surface area (Å²) in [6, 6.07) is 1.80. The predicted molar refractivity (Wildman–Crippen MR) is 81.6 cm³/mol. The molecule has 1 amide bonds. The predicted octanol–water partition coefficient (Wildman–Crippen LogP) is 3.36. The third kappa shape index (κ3) is 3.25. The highest BCUT2D eigenvalue weighted by Crippen LogP contribution is 2.24. The third-order valence-corrected chi connectivity index (χ3v) is 3.14. The molecule has 0 aliphatic carbocycles. The second-order valence-corrected chi connectivity index (χ2v) is 4.67. The lowest BCUT2D eigenvalue weighted by Crippen LogP contribution is -2.10. The van der Waals surface area contributed by atoms with Crippen LogP contribution in [0.1, 0.15) is 28.8 Å². The van der Waals surface area contributed by atoms with Crippen molar-refractivity contribution in [2.45, 2.75) is 12.8 Å². The Kier molecular flexibility index (Phi) is 4.33. The first-order valence-corrected chi connectivity index (χ1v) is 6.46. The molecule has 0 radical (unpaired) electrons. The second kappa shape index (κ2) is 6.17. The molecule has 2 heterocycles. The van der Waals surface area contributed by atoms with Gasteiger partial charge in [0.25, 0.3) is 5.91 Å². The minimum atomic E-state index is -0.525. The lowest BCUT2D eigenvalue weighted by atomic mass is 10.0. The van der Waals surface area contributed by atoms with Gasteiger partial charge >= 0.3 is 0 Å². The minimum Gasteiger partial charge on any atom is -0.366 e. The molecule has 5 heteroatoms. The van der Waals surface area contributed by atoms with Crippen LogP contribution in [0, 0.1) is 0 Å². The molecule has 0 bridgehead atoms. The zero-order valence-electron chi connectivity index (χ0n) is 11.6. The molecule has 0 saturated carbocycles. The maximum Gasteiger partial charge on any atom is 0.250 e. The van der Waals surface area contributed by atoms with Gasteiger partial charge in [-0.2, -0.15) is 0 Å². The van der Waals surface area contributed by atoms with Gasteiger partial charge in [-0.3, -0.25) is 4.79 Å². The number of hydrogen-bond acceptors (Lipinski definition) is 2. The number of nitrogens with one attached hydrogen (secondary N) is 1. The molecule has 0 aromatic carbocycles. The highest BCUT2D eigenvalue weighted by Gasteiger charge is 2.12. The van der Waals surface area contributed by atoms with E-state index < -0.39 is 5.91 Å². The molecule has 0 aliphatic rings. The minimum absolute atomic E-state index is 0.188. The maximum absolute atomic E-state index is 13.6. The molecule has 4 nitrogen and oxygen atoms in total. The van der Waals surface area contributed by atoms with Crippen molar-refractivity contribution in [1.29, 1.82) is 0 Å². The van der Waals surface area contributed by atoms with Gasteiger partial charge in [0, 0.05) is 23.7 Å². The van der Waals surface area contributed by atoms with E-state index >= 15 is 0 Å². The van der Waals surface area contributed by atoms with E-state index in [9.17, 15) is 9.18 Å². The number of H-pyrrole nitrogens is 1. The van der Waals surface area contributed by atoms with Gasteiger partial charge in [-0.15, -0.1) is 0 Å². The van der Waals surface area contributed by atoms with Crippen molar-refractivity contribution in [2.24, 2.45) is 5.73 Å². The fourth-order valence-corrected chi connectivity index (χ4v) is 2.02. The first-order chi connectivity index (χ1) is 10.0. The SMILES string of the molecule is C=C/C=C\C(F)=C/C(C)c1cnc2[nH]cc(C(N)=O)c2c1. The average Bonchev–Trinajstić information content (AvgIpc) is 2.88. The molecule has 3 N–H and O–H groups in total.